The largest absolute Gasteiger partial charge is 0.478 e. The zero-order chi connectivity index (χ0) is 13.7. The van der Waals surface area contributed by atoms with E-state index in [0.29, 0.717) is 5.56 Å². The van der Waals surface area contributed by atoms with Gasteiger partial charge in [0.05, 0.1) is 18.0 Å². The smallest absolute Gasteiger partial charge is 0.335 e. The Morgan fingerprint density at radius 2 is 1.95 bits per heavy atom. The second-order valence-corrected chi connectivity index (χ2v) is 3.60. The molecular weight excluding hydrogens is 248 g/mol. The molecule has 0 spiro atoms. The summed E-state index contributed by atoms with van der Waals surface area (Å²) in [5, 5.41) is 12.5. The molecule has 96 valence electrons. The summed E-state index contributed by atoms with van der Waals surface area (Å²) in [5.74, 6) is -1.28. The van der Waals surface area contributed by atoms with E-state index in [1.807, 2.05) is 0 Å². The third-order valence-electron chi connectivity index (χ3n) is 2.28. The van der Waals surface area contributed by atoms with E-state index in [1.54, 1.807) is 18.2 Å². The molecule has 2 N–H and O–H groups in total. The van der Waals surface area contributed by atoms with Crippen molar-refractivity contribution in [3.8, 4) is 0 Å². The second kappa shape index (κ2) is 5.63. The molecule has 0 aliphatic heterocycles. The van der Waals surface area contributed by atoms with Crippen molar-refractivity contribution in [1.82, 2.24) is 5.43 Å². The van der Waals surface area contributed by atoms with Gasteiger partial charge in [-0.3, -0.25) is 4.79 Å². The number of amides is 1. The van der Waals surface area contributed by atoms with E-state index in [9.17, 15) is 9.59 Å². The maximum atomic E-state index is 11.4. The molecule has 0 unspecified atom stereocenters. The van der Waals surface area contributed by atoms with Crippen LogP contribution >= 0.6 is 0 Å². The quantitative estimate of drug-likeness (QED) is 0.645. The zero-order valence-corrected chi connectivity index (χ0v) is 9.74. The van der Waals surface area contributed by atoms with E-state index in [1.165, 1.54) is 30.7 Å². The SMILES string of the molecule is O=C(O)c1ccc(/C=N/NC(=O)c2ccco2)cc1. The van der Waals surface area contributed by atoms with Crippen LogP contribution in [0.3, 0.4) is 0 Å². The first kappa shape index (κ1) is 12.6. The molecule has 2 aromatic rings. The van der Waals surface area contributed by atoms with Gasteiger partial charge in [0.25, 0.3) is 0 Å². The lowest BCUT2D eigenvalue weighted by Crippen LogP contribution is -2.16. The molecule has 1 heterocycles. The Kier molecular flexibility index (Phi) is 3.72. The number of hydrogen-bond donors (Lipinski definition) is 2. The topological polar surface area (TPSA) is 91.9 Å². The van der Waals surface area contributed by atoms with Gasteiger partial charge in [-0.1, -0.05) is 12.1 Å². The lowest BCUT2D eigenvalue weighted by molar-refractivity contribution is 0.0696. The number of carbonyl (C=O) groups is 2. The van der Waals surface area contributed by atoms with Crippen molar-refractivity contribution in [2.45, 2.75) is 0 Å². The normalized spacial score (nSPS) is 10.5. The molecule has 2 rings (SSSR count). The Bertz CT molecular complexity index is 600. The van der Waals surface area contributed by atoms with E-state index in [4.69, 9.17) is 9.52 Å². The van der Waals surface area contributed by atoms with Gasteiger partial charge >= 0.3 is 11.9 Å². The van der Waals surface area contributed by atoms with Crippen molar-refractivity contribution in [3.63, 3.8) is 0 Å². The molecule has 0 atom stereocenters. The molecule has 0 radical (unpaired) electrons. The summed E-state index contributed by atoms with van der Waals surface area (Å²) >= 11 is 0. The van der Waals surface area contributed by atoms with Crippen molar-refractivity contribution in [1.29, 1.82) is 0 Å². The Hall–Kier alpha value is -2.89. The van der Waals surface area contributed by atoms with Crippen LogP contribution in [0.25, 0.3) is 0 Å². The highest BCUT2D eigenvalue weighted by Gasteiger charge is 2.05. The van der Waals surface area contributed by atoms with Crippen LogP contribution in [0, 0.1) is 0 Å². The minimum atomic E-state index is -0.991. The molecule has 0 saturated heterocycles. The van der Waals surface area contributed by atoms with Gasteiger partial charge in [0, 0.05) is 0 Å². The van der Waals surface area contributed by atoms with Gasteiger partial charge in [0.2, 0.25) is 0 Å². The van der Waals surface area contributed by atoms with E-state index in [-0.39, 0.29) is 11.3 Å². The van der Waals surface area contributed by atoms with Crippen molar-refractivity contribution in [2.24, 2.45) is 5.10 Å². The van der Waals surface area contributed by atoms with Gasteiger partial charge in [0.15, 0.2) is 5.76 Å². The summed E-state index contributed by atoms with van der Waals surface area (Å²) in [4.78, 5) is 22.1. The number of carbonyl (C=O) groups excluding carboxylic acids is 1. The number of benzene rings is 1. The van der Waals surface area contributed by atoms with E-state index in [0.717, 1.165) is 0 Å². The average molecular weight is 258 g/mol. The highest BCUT2D eigenvalue weighted by Crippen LogP contribution is 2.02. The number of hydrazone groups is 1. The second-order valence-electron chi connectivity index (χ2n) is 3.60. The van der Waals surface area contributed by atoms with Crippen LogP contribution < -0.4 is 5.43 Å². The van der Waals surface area contributed by atoms with Gasteiger partial charge in [-0.15, -0.1) is 0 Å². The van der Waals surface area contributed by atoms with Crippen molar-refractivity contribution in [3.05, 3.63) is 59.5 Å². The molecular formula is C13H10N2O4. The highest BCUT2D eigenvalue weighted by molar-refractivity contribution is 5.92. The standard InChI is InChI=1S/C13H10N2O4/c16-12(11-2-1-7-19-11)15-14-8-9-3-5-10(6-4-9)13(17)18/h1-8H,(H,15,16)(H,17,18)/b14-8+. The van der Waals surface area contributed by atoms with Crippen LogP contribution in [-0.2, 0) is 0 Å². The first-order chi connectivity index (χ1) is 9.16. The Morgan fingerprint density at radius 3 is 2.53 bits per heavy atom. The first-order valence-electron chi connectivity index (χ1n) is 5.37. The van der Waals surface area contributed by atoms with E-state index < -0.39 is 11.9 Å². The average Bonchev–Trinajstić information content (AvgIpc) is 2.93. The van der Waals surface area contributed by atoms with Gasteiger partial charge in [-0.25, -0.2) is 10.2 Å². The van der Waals surface area contributed by atoms with Crippen LogP contribution in [-0.4, -0.2) is 23.2 Å². The van der Waals surface area contributed by atoms with Gasteiger partial charge in [-0.2, -0.15) is 5.10 Å². The molecule has 0 aliphatic rings. The molecule has 1 aromatic carbocycles. The summed E-state index contributed by atoms with van der Waals surface area (Å²) in [6.45, 7) is 0. The number of carboxylic acids is 1. The molecule has 1 amide bonds. The van der Waals surface area contributed by atoms with Crippen molar-refractivity contribution >= 4 is 18.1 Å². The predicted octanol–water partition coefficient (Wildman–Crippen LogP) is 1.74. The third-order valence-corrected chi connectivity index (χ3v) is 2.28. The molecule has 19 heavy (non-hydrogen) atoms. The number of nitrogens with one attached hydrogen (secondary N) is 1. The number of furan rings is 1. The predicted molar refractivity (Wildman–Crippen MR) is 67.2 cm³/mol. The summed E-state index contributed by atoms with van der Waals surface area (Å²) in [5.41, 5.74) is 3.15. The maximum absolute atomic E-state index is 11.4. The fourth-order valence-corrected chi connectivity index (χ4v) is 1.34. The fourth-order valence-electron chi connectivity index (χ4n) is 1.34. The Balaban J connectivity index is 1.95. The van der Waals surface area contributed by atoms with Crippen LogP contribution in [0.5, 0.6) is 0 Å². The van der Waals surface area contributed by atoms with Gasteiger partial charge < -0.3 is 9.52 Å². The first-order valence-corrected chi connectivity index (χ1v) is 5.37. The summed E-state index contributed by atoms with van der Waals surface area (Å²) in [6, 6.07) is 9.21. The Morgan fingerprint density at radius 1 is 1.21 bits per heavy atom. The molecule has 6 nitrogen and oxygen atoms in total. The summed E-state index contributed by atoms with van der Waals surface area (Å²) < 4.78 is 4.89. The molecule has 0 bridgehead atoms. The van der Waals surface area contributed by atoms with Crippen molar-refractivity contribution in [2.75, 3.05) is 0 Å². The molecule has 0 fully saturated rings. The summed E-state index contributed by atoms with van der Waals surface area (Å²) in [6.07, 6.45) is 2.80. The van der Waals surface area contributed by atoms with Gasteiger partial charge in [0.1, 0.15) is 0 Å². The van der Waals surface area contributed by atoms with Gasteiger partial charge in [-0.05, 0) is 29.8 Å². The number of hydrogen-bond acceptors (Lipinski definition) is 4. The third kappa shape index (κ3) is 3.29. The number of carboxylic acid groups (broad SMARTS) is 1. The molecule has 0 saturated carbocycles. The Labute approximate surface area is 108 Å². The molecule has 1 aromatic heterocycles. The highest BCUT2D eigenvalue weighted by atomic mass is 16.4. The molecule has 0 aliphatic carbocycles. The fraction of sp³-hybridized carbons (Fsp3) is 0. The van der Waals surface area contributed by atoms with Crippen LogP contribution in [0.2, 0.25) is 0 Å². The van der Waals surface area contributed by atoms with Crippen LogP contribution in [0.4, 0.5) is 0 Å². The molecule has 6 heteroatoms. The number of rotatable bonds is 4. The zero-order valence-electron chi connectivity index (χ0n) is 9.74. The maximum Gasteiger partial charge on any atom is 0.335 e. The van der Waals surface area contributed by atoms with Crippen LogP contribution in [0.1, 0.15) is 26.5 Å². The minimum absolute atomic E-state index is 0.165. The summed E-state index contributed by atoms with van der Waals surface area (Å²) in [7, 11) is 0. The van der Waals surface area contributed by atoms with Crippen LogP contribution in [0.15, 0.2) is 52.2 Å². The van der Waals surface area contributed by atoms with E-state index >= 15 is 0 Å². The number of nitrogens with zero attached hydrogens (tertiary/aromatic N) is 1. The van der Waals surface area contributed by atoms with E-state index in [2.05, 4.69) is 10.5 Å². The lowest BCUT2D eigenvalue weighted by atomic mass is 10.1. The monoisotopic (exact) mass is 258 g/mol. The minimum Gasteiger partial charge on any atom is -0.478 e. The van der Waals surface area contributed by atoms with Crippen molar-refractivity contribution < 1.29 is 19.1 Å². The number of aromatic carboxylic acids is 1. The lowest BCUT2D eigenvalue weighted by Gasteiger charge is -1.97.